The fourth-order valence-corrected chi connectivity index (χ4v) is 2.47. The standard InChI is InChI=1S/C17H19NO2/c1-12-2-4-13(5-3-12)8-15(18)9-14-6-7-16-17(10-14)20-11-19-16/h2-7,10,15H,8-9,11,18H2,1H3. The van der Waals surface area contributed by atoms with Gasteiger partial charge in [0, 0.05) is 6.04 Å². The molecule has 3 nitrogen and oxygen atoms in total. The number of fused-ring (bicyclic) bond motifs is 1. The molecule has 2 aromatic rings. The molecule has 0 aromatic heterocycles. The van der Waals surface area contributed by atoms with Crippen LogP contribution in [0.15, 0.2) is 42.5 Å². The maximum absolute atomic E-state index is 6.25. The number of aryl methyl sites for hydroxylation is 1. The second-order valence-corrected chi connectivity index (χ2v) is 5.34. The van der Waals surface area contributed by atoms with Gasteiger partial charge in [-0.15, -0.1) is 0 Å². The molecule has 3 rings (SSSR count). The van der Waals surface area contributed by atoms with Gasteiger partial charge in [-0.1, -0.05) is 35.9 Å². The van der Waals surface area contributed by atoms with Crippen LogP contribution >= 0.6 is 0 Å². The van der Waals surface area contributed by atoms with Crippen molar-refractivity contribution >= 4 is 0 Å². The van der Waals surface area contributed by atoms with Gasteiger partial charge in [-0.05, 0) is 43.0 Å². The molecule has 0 aliphatic carbocycles. The van der Waals surface area contributed by atoms with Gasteiger partial charge in [-0.25, -0.2) is 0 Å². The maximum Gasteiger partial charge on any atom is 0.231 e. The van der Waals surface area contributed by atoms with Crippen LogP contribution in [0.4, 0.5) is 0 Å². The Labute approximate surface area is 119 Å². The van der Waals surface area contributed by atoms with Crippen molar-refractivity contribution in [2.45, 2.75) is 25.8 Å². The van der Waals surface area contributed by atoms with Crippen molar-refractivity contribution in [2.75, 3.05) is 6.79 Å². The zero-order valence-electron chi connectivity index (χ0n) is 11.6. The molecule has 1 aliphatic heterocycles. The highest BCUT2D eigenvalue weighted by Gasteiger charge is 2.14. The largest absolute Gasteiger partial charge is 0.454 e. The summed E-state index contributed by atoms with van der Waals surface area (Å²) in [5.41, 5.74) is 10.00. The molecule has 1 aliphatic rings. The topological polar surface area (TPSA) is 44.5 Å². The van der Waals surface area contributed by atoms with E-state index in [1.54, 1.807) is 0 Å². The monoisotopic (exact) mass is 269 g/mol. The van der Waals surface area contributed by atoms with Crippen LogP contribution in [0, 0.1) is 6.92 Å². The van der Waals surface area contributed by atoms with E-state index in [1.165, 1.54) is 16.7 Å². The average molecular weight is 269 g/mol. The van der Waals surface area contributed by atoms with Crippen LogP contribution < -0.4 is 15.2 Å². The SMILES string of the molecule is Cc1ccc(CC(N)Cc2ccc3c(c2)OCO3)cc1. The summed E-state index contributed by atoms with van der Waals surface area (Å²) in [6.07, 6.45) is 1.72. The van der Waals surface area contributed by atoms with E-state index >= 15 is 0 Å². The first-order valence-corrected chi connectivity index (χ1v) is 6.90. The Bertz CT molecular complexity index is 592. The van der Waals surface area contributed by atoms with Gasteiger partial charge in [0.05, 0.1) is 0 Å². The van der Waals surface area contributed by atoms with Crippen LogP contribution in [0.3, 0.4) is 0 Å². The Morgan fingerprint density at radius 3 is 2.40 bits per heavy atom. The lowest BCUT2D eigenvalue weighted by molar-refractivity contribution is 0.174. The molecule has 1 unspecified atom stereocenters. The third-order valence-corrected chi connectivity index (χ3v) is 3.55. The zero-order valence-corrected chi connectivity index (χ0v) is 11.6. The molecule has 0 bridgehead atoms. The molecule has 0 saturated heterocycles. The van der Waals surface area contributed by atoms with Crippen molar-refractivity contribution in [1.29, 1.82) is 0 Å². The molecule has 2 aromatic carbocycles. The summed E-state index contributed by atoms with van der Waals surface area (Å²) in [5.74, 6) is 1.64. The summed E-state index contributed by atoms with van der Waals surface area (Å²) in [4.78, 5) is 0. The molecular formula is C17H19NO2. The van der Waals surface area contributed by atoms with Crippen molar-refractivity contribution in [3.05, 3.63) is 59.2 Å². The molecule has 20 heavy (non-hydrogen) atoms. The van der Waals surface area contributed by atoms with E-state index in [2.05, 4.69) is 37.3 Å². The quantitative estimate of drug-likeness (QED) is 0.928. The van der Waals surface area contributed by atoms with Gasteiger partial charge in [0.25, 0.3) is 0 Å². The van der Waals surface area contributed by atoms with Gasteiger partial charge in [0.1, 0.15) is 0 Å². The van der Waals surface area contributed by atoms with E-state index < -0.39 is 0 Å². The lowest BCUT2D eigenvalue weighted by atomic mass is 9.99. The van der Waals surface area contributed by atoms with Crippen LogP contribution in [-0.2, 0) is 12.8 Å². The lowest BCUT2D eigenvalue weighted by Gasteiger charge is -2.12. The minimum absolute atomic E-state index is 0.109. The van der Waals surface area contributed by atoms with E-state index in [1.807, 2.05) is 12.1 Å². The first-order chi connectivity index (χ1) is 9.70. The molecule has 0 fully saturated rings. The van der Waals surface area contributed by atoms with Crippen LogP contribution in [0.5, 0.6) is 11.5 Å². The number of benzene rings is 2. The van der Waals surface area contributed by atoms with Crippen molar-refractivity contribution in [1.82, 2.24) is 0 Å². The number of rotatable bonds is 4. The predicted molar refractivity (Wildman–Crippen MR) is 79.1 cm³/mol. The van der Waals surface area contributed by atoms with Gasteiger partial charge in [0.2, 0.25) is 6.79 Å². The van der Waals surface area contributed by atoms with E-state index in [0.29, 0.717) is 6.79 Å². The highest BCUT2D eigenvalue weighted by molar-refractivity contribution is 5.44. The minimum Gasteiger partial charge on any atom is -0.454 e. The molecule has 0 radical (unpaired) electrons. The molecule has 104 valence electrons. The van der Waals surface area contributed by atoms with Crippen LogP contribution in [0.25, 0.3) is 0 Å². The van der Waals surface area contributed by atoms with Crippen LogP contribution in [0.1, 0.15) is 16.7 Å². The highest BCUT2D eigenvalue weighted by Crippen LogP contribution is 2.32. The highest BCUT2D eigenvalue weighted by atomic mass is 16.7. The van der Waals surface area contributed by atoms with Gasteiger partial charge in [0.15, 0.2) is 11.5 Å². The molecule has 0 amide bonds. The molecule has 1 atom stereocenters. The summed E-state index contributed by atoms with van der Waals surface area (Å²) in [5, 5.41) is 0. The van der Waals surface area contributed by atoms with E-state index in [-0.39, 0.29) is 6.04 Å². The third kappa shape index (κ3) is 2.94. The summed E-state index contributed by atoms with van der Waals surface area (Å²) in [6, 6.07) is 14.7. The fourth-order valence-electron chi connectivity index (χ4n) is 2.47. The van der Waals surface area contributed by atoms with Gasteiger partial charge >= 0.3 is 0 Å². The fraction of sp³-hybridized carbons (Fsp3) is 0.294. The summed E-state index contributed by atoms with van der Waals surface area (Å²) < 4.78 is 10.7. The molecule has 0 spiro atoms. The molecule has 0 saturated carbocycles. The molecular weight excluding hydrogens is 250 g/mol. The number of ether oxygens (including phenoxy) is 2. The van der Waals surface area contributed by atoms with Crippen molar-refractivity contribution in [2.24, 2.45) is 5.73 Å². The van der Waals surface area contributed by atoms with E-state index in [0.717, 1.165) is 24.3 Å². The Kier molecular flexibility index (Phi) is 3.61. The van der Waals surface area contributed by atoms with E-state index in [9.17, 15) is 0 Å². The Hall–Kier alpha value is -2.00. The Morgan fingerprint density at radius 1 is 0.950 bits per heavy atom. The van der Waals surface area contributed by atoms with Crippen molar-refractivity contribution < 1.29 is 9.47 Å². The van der Waals surface area contributed by atoms with Crippen molar-refractivity contribution in [3.8, 4) is 11.5 Å². The van der Waals surface area contributed by atoms with E-state index in [4.69, 9.17) is 15.2 Å². The van der Waals surface area contributed by atoms with Crippen molar-refractivity contribution in [3.63, 3.8) is 0 Å². The number of nitrogens with two attached hydrogens (primary N) is 1. The van der Waals surface area contributed by atoms with Gasteiger partial charge in [-0.2, -0.15) is 0 Å². The second-order valence-electron chi connectivity index (χ2n) is 5.34. The Balaban J connectivity index is 1.63. The average Bonchev–Trinajstić information content (AvgIpc) is 2.89. The lowest BCUT2D eigenvalue weighted by Crippen LogP contribution is -2.25. The maximum atomic E-state index is 6.25. The van der Waals surface area contributed by atoms with Gasteiger partial charge in [-0.3, -0.25) is 0 Å². The summed E-state index contributed by atoms with van der Waals surface area (Å²) >= 11 is 0. The zero-order chi connectivity index (χ0) is 13.9. The van der Waals surface area contributed by atoms with Crippen LogP contribution in [0.2, 0.25) is 0 Å². The molecule has 2 N–H and O–H groups in total. The number of hydrogen-bond donors (Lipinski definition) is 1. The predicted octanol–water partition coefficient (Wildman–Crippen LogP) is 2.84. The smallest absolute Gasteiger partial charge is 0.231 e. The van der Waals surface area contributed by atoms with Gasteiger partial charge < -0.3 is 15.2 Å². The second kappa shape index (κ2) is 5.55. The third-order valence-electron chi connectivity index (χ3n) is 3.55. The minimum atomic E-state index is 0.109. The van der Waals surface area contributed by atoms with Crippen LogP contribution in [-0.4, -0.2) is 12.8 Å². The Morgan fingerprint density at radius 2 is 1.60 bits per heavy atom. The molecule has 1 heterocycles. The summed E-state index contributed by atoms with van der Waals surface area (Å²) in [7, 11) is 0. The molecule has 3 heteroatoms. The normalized spacial score (nSPS) is 14.3. The first-order valence-electron chi connectivity index (χ1n) is 6.90. The number of hydrogen-bond acceptors (Lipinski definition) is 3. The summed E-state index contributed by atoms with van der Waals surface area (Å²) in [6.45, 7) is 2.41. The first kappa shape index (κ1) is 13.0.